The van der Waals surface area contributed by atoms with Crippen molar-refractivity contribution < 1.29 is 4.74 Å². The van der Waals surface area contributed by atoms with E-state index in [2.05, 4.69) is 52.7 Å². The third-order valence-electron chi connectivity index (χ3n) is 5.54. The molecule has 0 saturated heterocycles. The molecule has 0 aliphatic heterocycles. The van der Waals surface area contributed by atoms with E-state index in [4.69, 9.17) is 17.0 Å². The van der Waals surface area contributed by atoms with Gasteiger partial charge in [-0.25, -0.2) is 0 Å². The maximum Gasteiger partial charge on any atom is 0.169 e. The number of thiocarbonyl (C=S) groups is 1. The molecule has 1 aliphatic carbocycles. The van der Waals surface area contributed by atoms with Gasteiger partial charge in [-0.1, -0.05) is 74.6 Å². The van der Waals surface area contributed by atoms with Crippen molar-refractivity contribution in [1.29, 1.82) is 0 Å². The van der Waals surface area contributed by atoms with Crippen LogP contribution in [0.15, 0.2) is 54.6 Å². The first-order valence-corrected chi connectivity index (χ1v) is 11.5. The Morgan fingerprint density at radius 3 is 2.10 bits per heavy atom. The molecule has 1 aliphatic rings. The van der Waals surface area contributed by atoms with Crippen molar-refractivity contribution >= 4 is 17.3 Å². The Kier molecular flexibility index (Phi) is 8.82. The summed E-state index contributed by atoms with van der Waals surface area (Å²) in [4.78, 5) is 2.29. The molecule has 0 unspecified atom stereocenters. The minimum atomic E-state index is 0.501. The van der Waals surface area contributed by atoms with Gasteiger partial charge in [-0.2, -0.15) is 0 Å². The first-order valence-electron chi connectivity index (χ1n) is 11.1. The lowest BCUT2D eigenvalue weighted by atomic mass is 9.97. The number of hydrogen-bond acceptors (Lipinski definition) is 2. The Morgan fingerprint density at radius 1 is 0.897 bits per heavy atom. The summed E-state index contributed by atoms with van der Waals surface area (Å²) in [5.41, 5.74) is 2.52. The van der Waals surface area contributed by atoms with Gasteiger partial charge in [0.2, 0.25) is 0 Å². The Hall–Kier alpha value is -2.07. The summed E-state index contributed by atoms with van der Waals surface area (Å²) in [5.74, 6) is 0.918. The fourth-order valence-corrected chi connectivity index (χ4v) is 4.24. The van der Waals surface area contributed by atoms with E-state index in [9.17, 15) is 0 Å². The van der Waals surface area contributed by atoms with Gasteiger partial charge in [0, 0.05) is 19.1 Å². The molecule has 2 aromatic rings. The third kappa shape index (κ3) is 7.36. The quantitative estimate of drug-likeness (QED) is 0.560. The van der Waals surface area contributed by atoms with Gasteiger partial charge in [0.05, 0.1) is 6.61 Å². The van der Waals surface area contributed by atoms with E-state index in [0.29, 0.717) is 12.6 Å². The summed E-state index contributed by atoms with van der Waals surface area (Å²) in [7, 11) is 0. The van der Waals surface area contributed by atoms with Crippen molar-refractivity contribution in [2.45, 2.75) is 71.0 Å². The largest absolute Gasteiger partial charge is 0.494 e. The molecule has 29 heavy (non-hydrogen) atoms. The molecule has 1 fully saturated rings. The van der Waals surface area contributed by atoms with Crippen LogP contribution in [0.3, 0.4) is 0 Å². The molecule has 1 N–H and O–H groups in total. The first kappa shape index (κ1) is 21.6. The fourth-order valence-electron chi connectivity index (χ4n) is 3.95. The van der Waals surface area contributed by atoms with Gasteiger partial charge in [-0.15, -0.1) is 0 Å². The Morgan fingerprint density at radius 2 is 1.48 bits per heavy atom. The van der Waals surface area contributed by atoms with Crippen LogP contribution in [0.2, 0.25) is 0 Å². The smallest absolute Gasteiger partial charge is 0.169 e. The van der Waals surface area contributed by atoms with Crippen LogP contribution in [0.5, 0.6) is 5.75 Å². The van der Waals surface area contributed by atoms with E-state index in [1.807, 2.05) is 19.1 Å². The molecule has 0 aromatic heterocycles. The van der Waals surface area contributed by atoms with E-state index in [0.717, 1.165) is 24.0 Å². The molecular formula is C25H34N2OS. The van der Waals surface area contributed by atoms with Crippen molar-refractivity contribution in [3.05, 3.63) is 65.7 Å². The topological polar surface area (TPSA) is 24.5 Å². The summed E-state index contributed by atoms with van der Waals surface area (Å²) in [6.07, 6.45) is 9.14. The van der Waals surface area contributed by atoms with Crippen LogP contribution in [0.4, 0.5) is 0 Å². The van der Waals surface area contributed by atoms with Crippen LogP contribution in [-0.2, 0) is 13.1 Å². The minimum absolute atomic E-state index is 0.501. The van der Waals surface area contributed by atoms with Crippen LogP contribution in [0.1, 0.15) is 63.0 Å². The van der Waals surface area contributed by atoms with Gasteiger partial charge >= 0.3 is 0 Å². The predicted octanol–water partition coefficient (Wildman–Crippen LogP) is 6.07. The summed E-state index contributed by atoms with van der Waals surface area (Å²) in [6, 6.07) is 19.5. The van der Waals surface area contributed by atoms with E-state index in [-0.39, 0.29) is 0 Å². The highest BCUT2D eigenvalue weighted by Gasteiger charge is 2.17. The Balaban J connectivity index is 1.68. The van der Waals surface area contributed by atoms with E-state index in [1.54, 1.807) is 0 Å². The van der Waals surface area contributed by atoms with Gasteiger partial charge in [0.1, 0.15) is 5.75 Å². The molecule has 4 heteroatoms. The van der Waals surface area contributed by atoms with Crippen molar-refractivity contribution in [3.63, 3.8) is 0 Å². The van der Waals surface area contributed by atoms with Crippen molar-refractivity contribution in [1.82, 2.24) is 10.2 Å². The number of nitrogens with zero attached hydrogens (tertiary/aromatic N) is 1. The van der Waals surface area contributed by atoms with Gasteiger partial charge in [-0.05, 0) is 55.2 Å². The van der Waals surface area contributed by atoms with Crippen LogP contribution in [0.25, 0.3) is 0 Å². The minimum Gasteiger partial charge on any atom is -0.494 e. The average molecular weight is 411 g/mol. The molecule has 0 spiro atoms. The Bertz CT molecular complexity index is 724. The van der Waals surface area contributed by atoms with Crippen LogP contribution < -0.4 is 10.1 Å². The van der Waals surface area contributed by atoms with Crippen molar-refractivity contribution in [2.75, 3.05) is 6.61 Å². The lowest BCUT2D eigenvalue weighted by molar-refractivity contribution is 0.339. The van der Waals surface area contributed by atoms with E-state index >= 15 is 0 Å². The maximum atomic E-state index is 5.89. The second-order valence-electron chi connectivity index (χ2n) is 7.91. The van der Waals surface area contributed by atoms with Gasteiger partial charge < -0.3 is 15.0 Å². The lowest BCUT2D eigenvalue weighted by Crippen LogP contribution is -2.44. The number of benzene rings is 2. The normalized spacial score (nSPS) is 15.2. The SMILES string of the molecule is CCOc1ccc(CN(Cc2ccccc2)C(=S)NC2CCCCCCC2)cc1. The predicted molar refractivity (Wildman–Crippen MR) is 125 cm³/mol. The summed E-state index contributed by atoms with van der Waals surface area (Å²) < 4.78 is 5.58. The number of ether oxygens (including phenoxy) is 1. The number of rotatable bonds is 7. The second kappa shape index (κ2) is 11.8. The highest BCUT2D eigenvalue weighted by molar-refractivity contribution is 7.80. The highest BCUT2D eigenvalue weighted by atomic mass is 32.1. The molecular weight excluding hydrogens is 376 g/mol. The summed E-state index contributed by atoms with van der Waals surface area (Å²) in [5, 5.41) is 4.56. The molecule has 3 rings (SSSR count). The van der Waals surface area contributed by atoms with Crippen molar-refractivity contribution in [2.24, 2.45) is 0 Å². The first-order chi connectivity index (χ1) is 14.2. The average Bonchev–Trinajstić information content (AvgIpc) is 2.72. The molecule has 156 valence electrons. The molecule has 0 bridgehead atoms. The summed E-state index contributed by atoms with van der Waals surface area (Å²) >= 11 is 5.89. The lowest BCUT2D eigenvalue weighted by Gasteiger charge is -2.30. The molecule has 0 heterocycles. The van der Waals surface area contributed by atoms with E-state index < -0.39 is 0 Å². The Labute approximate surface area is 181 Å². The molecule has 0 radical (unpaired) electrons. The number of hydrogen-bond donors (Lipinski definition) is 1. The van der Waals surface area contributed by atoms with Crippen LogP contribution >= 0.6 is 12.2 Å². The zero-order valence-electron chi connectivity index (χ0n) is 17.6. The molecule has 0 atom stereocenters. The second-order valence-corrected chi connectivity index (χ2v) is 8.30. The monoisotopic (exact) mass is 410 g/mol. The van der Waals surface area contributed by atoms with Crippen LogP contribution in [-0.4, -0.2) is 22.7 Å². The summed E-state index contributed by atoms with van der Waals surface area (Å²) in [6.45, 7) is 4.30. The van der Waals surface area contributed by atoms with Gasteiger partial charge in [-0.3, -0.25) is 0 Å². The fraction of sp³-hybridized carbons (Fsp3) is 0.480. The maximum absolute atomic E-state index is 5.89. The van der Waals surface area contributed by atoms with E-state index in [1.165, 1.54) is 56.1 Å². The van der Waals surface area contributed by atoms with Gasteiger partial charge in [0.15, 0.2) is 5.11 Å². The van der Waals surface area contributed by atoms with Crippen molar-refractivity contribution in [3.8, 4) is 5.75 Å². The molecule has 2 aromatic carbocycles. The number of nitrogens with one attached hydrogen (secondary N) is 1. The zero-order valence-corrected chi connectivity index (χ0v) is 18.4. The van der Waals surface area contributed by atoms with Gasteiger partial charge in [0.25, 0.3) is 0 Å². The standard InChI is InChI=1S/C25H34N2OS/c1-2-28-24-17-15-22(16-18-24)20-27(19-21-11-7-6-8-12-21)25(29)26-23-13-9-4-3-5-10-14-23/h6-8,11-12,15-18,23H,2-5,9-10,13-14,19-20H2,1H3,(H,26,29). The third-order valence-corrected chi connectivity index (χ3v) is 5.92. The highest BCUT2D eigenvalue weighted by Crippen LogP contribution is 2.19. The molecule has 0 amide bonds. The molecule has 3 nitrogen and oxygen atoms in total. The zero-order chi connectivity index (χ0) is 20.3. The van der Waals surface area contributed by atoms with Crippen LogP contribution in [0, 0.1) is 0 Å². The molecule has 1 saturated carbocycles.